The van der Waals surface area contributed by atoms with E-state index in [1.807, 2.05) is 0 Å². The summed E-state index contributed by atoms with van der Waals surface area (Å²) in [5.74, 6) is -0.405. The van der Waals surface area contributed by atoms with Crippen LogP contribution >= 0.6 is 0 Å². The van der Waals surface area contributed by atoms with Crippen molar-refractivity contribution in [3.05, 3.63) is 36.3 Å². The number of carboxylic acid groups (broad SMARTS) is 1. The largest absolute Gasteiger partial charge is 0.464 e. The fourth-order valence-corrected chi connectivity index (χ4v) is 1.30. The van der Waals surface area contributed by atoms with E-state index in [1.54, 1.807) is 6.07 Å². The van der Waals surface area contributed by atoms with Crippen LogP contribution in [0.4, 0.5) is 9.18 Å². The fourth-order valence-electron chi connectivity index (χ4n) is 1.30. The van der Waals surface area contributed by atoms with Crippen LogP contribution in [-0.4, -0.2) is 15.8 Å². The first kappa shape index (κ1) is 7.79. The van der Waals surface area contributed by atoms with Gasteiger partial charge < -0.3 is 5.11 Å². The van der Waals surface area contributed by atoms with E-state index in [4.69, 9.17) is 5.11 Å². The number of rotatable bonds is 0. The SMILES string of the molecule is O=C(O)n1ccc2c(F)cccc21. The Balaban J connectivity index is 2.83. The molecule has 0 radical (unpaired) electrons. The molecule has 0 aliphatic heterocycles. The predicted octanol–water partition coefficient (Wildman–Crippen LogP) is 2.31. The molecule has 2 aromatic rings. The molecule has 0 aliphatic carbocycles. The van der Waals surface area contributed by atoms with Gasteiger partial charge >= 0.3 is 6.09 Å². The molecule has 0 unspecified atom stereocenters. The van der Waals surface area contributed by atoms with Crippen LogP contribution in [0.1, 0.15) is 0 Å². The first-order valence-corrected chi connectivity index (χ1v) is 3.69. The summed E-state index contributed by atoms with van der Waals surface area (Å²) in [5.41, 5.74) is 0.368. The molecular formula is C9H6FNO2. The lowest BCUT2D eigenvalue weighted by Gasteiger charge is -1.96. The molecule has 66 valence electrons. The average molecular weight is 179 g/mol. The number of fused-ring (bicyclic) bond motifs is 1. The van der Waals surface area contributed by atoms with E-state index in [2.05, 4.69) is 0 Å². The Morgan fingerprint density at radius 3 is 2.85 bits per heavy atom. The van der Waals surface area contributed by atoms with E-state index in [0.29, 0.717) is 10.9 Å². The van der Waals surface area contributed by atoms with Crippen molar-refractivity contribution in [2.75, 3.05) is 0 Å². The van der Waals surface area contributed by atoms with Crippen molar-refractivity contribution < 1.29 is 14.3 Å². The van der Waals surface area contributed by atoms with Crippen molar-refractivity contribution in [2.24, 2.45) is 0 Å². The predicted molar refractivity (Wildman–Crippen MR) is 45.3 cm³/mol. The highest BCUT2D eigenvalue weighted by molar-refractivity contribution is 5.89. The van der Waals surface area contributed by atoms with Crippen LogP contribution in [0.25, 0.3) is 10.9 Å². The van der Waals surface area contributed by atoms with Gasteiger partial charge in [-0.1, -0.05) is 6.07 Å². The maximum absolute atomic E-state index is 13.1. The number of carbonyl (C=O) groups is 1. The van der Waals surface area contributed by atoms with Crippen LogP contribution in [0.2, 0.25) is 0 Å². The van der Waals surface area contributed by atoms with Gasteiger partial charge in [-0.05, 0) is 18.2 Å². The summed E-state index contributed by atoms with van der Waals surface area (Å²) in [4.78, 5) is 10.6. The highest BCUT2D eigenvalue weighted by Crippen LogP contribution is 2.18. The molecule has 0 bridgehead atoms. The van der Waals surface area contributed by atoms with Gasteiger partial charge in [0.25, 0.3) is 0 Å². The molecule has 0 spiro atoms. The second kappa shape index (κ2) is 2.58. The summed E-state index contributed by atoms with van der Waals surface area (Å²) < 4.78 is 14.0. The maximum atomic E-state index is 13.1. The summed E-state index contributed by atoms with van der Waals surface area (Å²) in [6.45, 7) is 0. The molecule has 1 aromatic heterocycles. The van der Waals surface area contributed by atoms with E-state index in [9.17, 15) is 9.18 Å². The molecule has 1 aromatic carbocycles. The van der Waals surface area contributed by atoms with Crippen molar-refractivity contribution in [1.29, 1.82) is 0 Å². The number of halogens is 1. The molecule has 0 aliphatic rings. The van der Waals surface area contributed by atoms with Crippen LogP contribution in [0.3, 0.4) is 0 Å². The van der Waals surface area contributed by atoms with Crippen LogP contribution in [0.5, 0.6) is 0 Å². The lowest BCUT2D eigenvalue weighted by molar-refractivity contribution is 0.197. The summed E-state index contributed by atoms with van der Waals surface area (Å²) in [5, 5.41) is 9.03. The topological polar surface area (TPSA) is 42.2 Å². The third kappa shape index (κ3) is 1.07. The van der Waals surface area contributed by atoms with Crippen molar-refractivity contribution in [2.45, 2.75) is 0 Å². The Morgan fingerprint density at radius 1 is 1.38 bits per heavy atom. The molecule has 0 amide bonds. The molecule has 1 N–H and O–H groups in total. The monoisotopic (exact) mass is 179 g/mol. The third-order valence-corrected chi connectivity index (χ3v) is 1.89. The van der Waals surface area contributed by atoms with Gasteiger partial charge in [0.15, 0.2) is 0 Å². The minimum absolute atomic E-state index is 0.324. The number of aromatic nitrogens is 1. The molecule has 13 heavy (non-hydrogen) atoms. The number of benzene rings is 1. The summed E-state index contributed by atoms with van der Waals surface area (Å²) in [7, 11) is 0. The van der Waals surface area contributed by atoms with E-state index in [1.165, 1.54) is 24.4 Å². The van der Waals surface area contributed by atoms with Crippen molar-refractivity contribution in [1.82, 2.24) is 4.57 Å². The van der Waals surface area contributed by atoms with Crippen molar-refractivity contribution >= 4 is 17.0 Å². The Morgan fingerprint density at radius 2 is 2.15 bits per heavy atom. The summed E-state index contributed by atoms with van der Waals surface area (Å²) >= 11 is 0. The molecule has 1 heterocycles. The Labute approximate surface area is 73.0 Å². The van der Waals surface area contributed by atoms with Gasteiger partial charge in [-0.15, -0.1) is 0 Å². The van der Waals surface area contributed by atoms with Gasteiger partial charge in [-0.3, -0.25) is 4.57 Å². The molecule has 0 saturated heterocycles. The zero-order valence-electron chi connectivity index (χ0n) is 6.57. The van der Waals surface area contributed by atoms with Crippen LogP contribution in [0.15, 0.2) is 30.5 Å². The fraction of sp³-hybridized carbons (Fsp3) is 0. The summed E-state index contributed by atoms with van der Waals surface area (Å²) in [6.07, 6.45) is 0.219. The maximum Gasteiger partial charge on any atom is 0.416 e. The Hall–Kier alpha value is -1.84. The number of hydrogen-bond donors (Lipinski definition) is 1. The molecular weight excluding hydrogens is 173 g/mol. The minimum atomic E-state index is -1.11. The third-order valence-electron chi connectivity index (χ3n) is 1.89. The lowest BCUT2D eigenvalue weighted by atomic mass is 10.2. The molecule has 0 fully saturated rings. The summed E-state index contributed by atoms with van der Waals surface area (Å²) in [6, 6.07) is 5.79. The van der Waals surface area contributed by atoms with E-state index >= 15 is 0 Å². The number of nitrogens with zero attached hydrogens (tertiary/aromatic N) is 1. The molecule has 0 atom stereocenters. The van der Waals surface area contributed by atoms with Crippen LogP contribution < -0.4 is 0 Å². The van der Waals surface area contributed by atoms with Crippen LogP contribution in [-0.2, 0) is 0 Å². The molecule has 0 saturated carbocycles. The van der Waals surface area contributed by atoms with Gasteiger partial charge in [0.05, 0.1) is 5.52 Å². The zero-order valence-corrected chi connectivity index (χ0v) is 6.57. The van der Waals surface area contributed by atoms with Gasteiger partial charge in [0.1, 0.15) is 5.82 Å². The number of hydrogen-bond acceptors (Lipinski definition) is 1. The minimum Gasteiger partial charge on any atom is -0.464 e. The zero-order chi connectivity index (χ0) is 9.42. The first-order valence-electron chi connectivity index (χ1n) is 3.69. The van der Waals surface area contributed by atoms with Crippen molar-refractivity contribution in [3.8, 4) is 0 Å². The molecule has 3 nitrogen and oxygen atoms in total. The van der Waals surface area contributed by atoms with Gasteiger partial charge in [0.2, 0.25) is 0 Å². The Bertz CT molecular complexity index is 475. The average Bonchev–Trinajstić information content (AvgIpc) is 2.48. The standard InChI is InChI=1S/C9H6FNO2/c10-7-2-1-3-8-6(7)4-5-11(8)9(12)13/h1-5H,(H,12,13). The first-order chi connectivity index (χ1) is 6.20. The van der Waals surface area contributed by atoms with Gasteiger partial charge in [-0.2, -0.15) is 0 Å². The Kier molecular flexibility index (Phi) is 1.55. The van der Waals surface area contributed by atoms with E-state index in [-0.39, 0.29) is 0 Å². The molecule has 4 heteroatoms. The van der Waals surface area contributed by atoms with Crippen molar-refractivity contribution in [3.63, 3.8) is 0 Å². The van der Waals surface area contributed by atoms with Crippen LogP contribution in [0, 0.1) is 5.82 Å². The highest BCUT2D eigenvalue weighted by Gasteiger charge is 2.08. The van der Waals surface area contributed by atoms with E-state index in [0.717, 1.165) is 4.57 Å². The quantitative estimate of drug-likeness (QED) is 0.674. The van der Waals surface area contributed by atoms with E-state index < -0.39 is 11.9 Å². The van der Waals surface area contributed by atoms with Gasteiger partial charge in [0, 0.05) is 11.6 Å². The van der Waals surface area contributed by atoms with Gasteiger partial charge in [-0.25, -0.2) is 9.18 Å². The molecule has 2 rings (SSSR count). The lowest BCUT2D eigenvalue weighted by Crippen LogP contribution is -2.05. The normalized spacial score (nSPS) is 10.5. The highest BCUT2D eigenvalue weighted by atomic mass is 19.1. The smallest absolute Gasteiger partial charge is 0.416 e. The second-order valence-corrected chi connectivity index (χ2v) is 2.64. The second-order valence-electron chi connectivity index (χ2n) is 2.64.